The second-order valence-electron chi connectivity index (χ2n) is 10.5. The molecule has 0 heterocycles. The van der Waals surface area contributed by atoms with Gasteiger partial charge in [-0.2, -0.15) is 0 Å². The van der Waals surface area contributed by atoms with E-state index in [9.17, 15) is 0 Å². The van der Waals surface area contributed by atoms with Crippen molar-refractivity contribution < 1.29 is 0 Å². The third kappa shape index (κ3) is 7.11. The van der Waals surface area contributed by atoms with Crippen LogP contribution in [0.15, 0.2) is 45.5 Å². The number of hydrogen-bond donors (Lipinski definition) is 0. The Morgan fingerprint density at radius 1 is 0.533 bits per heavy atom. The van der Waals surface area contributed by atoms with Crippen LogP contribution in [-0.4, -0.2) is 42.7 Å². The van der Waals surface area contributed by atoms with Gasteiger partial charge < -0.3 is 0 Å². The molecule has 0 N–H and O–H groups in total. The Bertz CT molecular complexity index is 617. The zero-order valence-corrected chi connectivity index (χ0v) is 28.1. The monoisotopic (exact) mass is 566 g/mol. The first kappa shape index (κ1) is 28.3. The standard InChI is InChI=1S/C26H50Ge2Si2/c1-11-27(12-2,13-3)21-23-29(7,8)25-17-19-26(20-18-25)30(9,10)24-22-28(14-4,15-5)16-6/h17-24H,11-16H2,1-10H3/b23-21+,24-22+. The molecule has 0 fully saturated rings. The minimum absolute atomic E-state index is 1.43. The van der Waals surface area contributed by atoms with Crippen LogP contribution in [0.1, 0.15) is 41.5 Å². The summed E-state index contributed by atoms with van der Waals surface area (Å²) in [5.74, 6) is 0. The van der Waals surface area contributed by atoms with Gasteiger partial charge >= 0.3 is 198 Å². The van der Waals surface area contributed by atoms with Crippen LogP contribution in [-0.2, 0) is 0 Å². The van der Waals surface area contributed by atoms with E-state index in [0.717, 1.165) is 0 Å². The van der Waals surface area contributed by atoms with E-state index in [2.05, 4.69) is 113 Å². The SMILES string of the molecule is C[CH2][Ge](/[CH]=C/[Si](C)(C)c1ccc([Si](C)(C)/C=[CH]/[Ge]([CH2]C)([CH2]C)[CH2]C)cc1)([CH2]C)[CH2]C. The number of hydrogen-bond acceptors (Lipinski definition) is 0. The summed E-state index contributed by atoms with van der Waals surface area (Å²) >= 11 is -3.47. The van der Waals surface area contributed by atoms with E-state index >= 15 is 0 Å². The zero-order chi connectivity index (χ0) is 23.1. The van der Waals surface area contributed by atoms with Crippen LogP contribution < -0.4 is 10.4 Å². The Morgan fingerprint density at radius 2 is 0.767 bits per heavy atom. The van der Waals surface area contributed by atoms with E-state index in [-0.39, 0.29) is 0 Å². The molecule has 0 unspecified atom stereocenters. The molecule has 0 saturated heterocycles. The summed E-state index contributed by atoms with van der Waals surface area (Å²) < 4.78 is 0. The fourth-order valence-electron chi connectivity index (χ4n) is 4.50. The van der Waals surface area contributed by atoms with Crippen LogP contribution in [0.3, 0.4) is 0 Å². The first-order valence-electron chi connectivity index (χ1n) is 12.5. The van der Waals surface area contributed by atoms with Gasteiger partial charge in [0.05, 0.1) is 0 Å². The Morgan fingerprint density at radius 3 is 0.967 bits per heavy atom. The van der Waals surface area contributed by atoms with Gasteiger partial charge in [0.1, 0.15) is 0 Å². The van der Waals surface area contributed by atoms with Crippen molar-refractivity contribution in [2.45, 2.75) is 99.3 Å². The molecule has 0 spiro atoms. The van der Waals surface area contributed by atoms with Gasteiger partial charge in [-0.1, -0.05) is 0 Å². The van der Waals surface area contributed by atoms with Crippen molar-refractivity contribution in [3.63, 3.8) is 0 Å². The average Bonchev–Trinajstić information content (AvgIpc) is 2.76. The van der Waals surface area contributed by atoms with Gasteiger partial charge in [-0.15, -0.1) is 0 Å². The van der Waals surface area contributed by atoms with Gasteiger partial charge in [-0.25, -0.2) is 0 Å². The Hall–Kier alpha value is 0.219. The predicted molar refractivity (Wildman–Crippen MR) is 153 cm³/mol. The average molecular weight is 564 g/mol. The van der Waals surface area contributed by atoms with Crippen molar-refractivity contribution in [2.24, 2.45) is 0 Å². The van der Waals surface area contributed by atoms with E-state index in [0.29, 0.717) is 0 Å². The quantitative estimate of drug-likeness (QED) is 0.228. The molecule has 0 aliphatic rings. The summed E-state index contributed by atoms with van der Waals surface area (Å²) in [6.07, 6.45) is 0. The van der Waals surface area contributed by atoms with E-state index in [1.54, 1.807) is 10.4 Å². The molecule has 0 amide bonds. The molecule has 0 radical (unpaired) electrons. The van der Waals surface area contributed by atoms with E-state index < -0.39 is 42.7 Å². The normalized spacial score (nSPS) is 14.2. The molecular weight excluding hydrogens is 514 g/mol. The van der Waals surface area contributed by atoms with Gasteiger partial charge in [0, 0.05) is 0 Å². The first-order valence-corrected chi connectivity index (χ1v) is 30.0. The van der Waals surface area contributed by atoms with Crippen molar-refractivity contribution >= 4 is 53.1 Å². The summed E-state index contributed by atoms with van der Waals surface area (Å²) in [5, 5.41) is 11.8. The molecule has 1 aromatic carbocycles. The van der Waals surface area contributed by atoms with E-state index in [1.165, 1.54) is 31.5 Å². The van der Waals surface area contributed by atoms with Crippen LogP contribution in [0.5, 0.6) is 0 Å². The molecule has 0 atom stereocenters. The molecule has 4 heteroatoms. The number of benzene rings is 1. The van der Waals surface area contributed by atoms with Crippen LogP contribution in [0, 0.1) is 0 Å². The summed E-state index contributed by atoms with van der Waals surface area (Å²) in [6, 6.07) is 9.89. The molecule has 1 aromatic rings. The fraction of sp³-hybridized carbons (Fsp3) is 0.615. The fourth-order valence-corrected chi connectivity index (χ4v) is 27.4. The van der Waals surface area contributed by atoms with Crippen LogP contribution >= 0.6 is 0 Å². The Kier molecular flexibility index (Phi) is 11.2. The Balaban J connectivity index is 3.12. The first-order chi connectivity index (χ1) is 14.0. The summed E-state index contributed by atoms with van der Waals surface area (Å²) in [4.78, 5) is 5.52. The molecule has 0 nitrogen and oxygen atoms in total. The maximum atomic E-state index is 2.76. The van der Waals surface area contributed by atoms with Gasteiger partial charge in [0.15, 0.2) is 0 Å². The van der Waals surface area contributed by atoms with E-state index in [1.807, 2.05) is 0 Å². The van der Waals surface area contributed by atoms with Gasteiger partial charge in [0.2, 0.25) is 0 Å². The molecule has 0 saturated carbocycles. The molecule has 30 heavy (non-hydrogen) atoms. The summed E-state index contributed by atoms with van der Waals surface area (Å²) in [5.41, 5.74) is 5.37. The number of rotatable bonds is 12. The summed E-state index contributed by atoms with van der Waals surface area (Å²) in [6.45, 7) is 24.7. The molecule has 1 rings (SSSR count). The van der Waals surface area contributed by atoms with Crippen LogP contribution in [0.4, 0.5) is 0 Å². The van der Waals surface area contributed by atoms with Crippen molar-refractivity contribution in [2.75, 3.05) is 0 Å². The minimum atomic E-state index is -1.73. The van der Waals surface area contributed by atoms with Gasteiger partial charge in [-0.3, -0.25) is 0 Å². The molecule has 0 aliphatic carbocycles. The van der Waals surface area contributed by atoms with Crippen molar-refractivity contribution in [3.05, 3.63) is 45.5 Å². The van der Waals surface area contributed by atoms with Crippen molar-refractivity contribution in [1.82, 2.24) is 0 Å². The second-order valence-corrected chi connectivity index (χ2v) is 41.0. The van der Waals surface area contributed by atoms with Crippen molar-refractivity contribution in [3.8, 4) is 0 Å². The van der Waals surface area contributed by atoms with E-state index in [4.69, 9.17) is 0 Å². The van der Waals surface area contributed by atoms with Crippen molar-refractivity contribution in [1.29, 1.82) is 0 Å². The topological polar surface area (TPSA) is 0 Å². The van der Waals surface area contributed by atoms with Crippen LogP contribution in [0.25, 0.3) is 0 Å². The molecule has 0 bridgehead atoms. The molecule has 0 aliphatic heterocycles. The molecule has 170 valence electrons. The third-order valence-electron chi connectivity index (χ3n) is 8.30. The molecular formula is C26H50Ge2Si2. The summed E-state index contributed by atoms with van der Waals surface area (Å²) in [7, 11) is -3.03. The Labute approximate surface area is 196 Å². The van der Waals surface area contributed by atoms with Gasteiger partial charge in [-0.05, 0) is 0 Å². The third-order valence-corrected chi connectivity index (χ3v) is 36.7. The zero-order valence-electron chi connectivity index (χ0n) is 21.9. The van der Waals surface area contributed by atoms with Gasteiger partial charge in [0.25, 0.3) is 0 Å². The predicted octanol–water partition coefficient (Wildman–Crippen LogP) is 7.80. The molecule has 0 aromatic heterocycles. The maximum absolute atomic E-state index is 2.76. The van der Waals surface area contributed by atoms with Crippen LogP contribution in [0.2, 0.25) is 57.7 Å². The second kappa shape index (κ2) is 11.9.